The van der Waals surface area contributed by atoms with Crippen molar-refractivity contribution >= 4 is 5.82 Å². The van der Waals surface area contributed by atoms with E-state index >= 15 is 0 Å². The van der Waals surface area contributed by atoms with E-state index in [0.29, 0.717) is 6.54 Å². The second-order valence-electron chi connectivity index (χ2n) is 4.55. The van der Waals surface area contributed by atoms with Gasteiger partial charge in [0.1, 0.15) is 0 Å². The van der Waals surface area contributed by atoms with E-state index in [0.717, 1.165) is 24.5 Å². The zero-order valence-corrected chi connectivity index (χ0v) is 10.5. The summed E-state index contributed by atoms with van der Waals surface area (Å²) in [6.07, 6.45) is 4.37. The van der Waals surface area contributed by atoms with Crippen LogP contribution in [0.1, 0.15) is 18.4 Å². The molecule has 0 radical (unpaired) electrons. The van der Waals surface area contributed by atoms with Gasteiger partial charge in [0, 0.05) is 32.2 Å². The molecule has 2 N–H and O–H groups in total. The van der Waals surface area contributed by atoms with Crippen LogP contribution in [0.5, 0.6) is 0 Å². The Morgan fingerprint density at radius 1 is 1.41 bits per heavy atom. The summed E-state index contributed by atoms with van der Waals surface area (Å²) in [5.41, 5.74) is 6.76. The Morgan fingerprint density at radius 3 is 2.88 bits per heavy atom. The molecule has 0 bridgehead atoms. The Hall–Kier alpha value is -1.20. The van der Waals surface area contributed by atoms with Crippen molar-refractivity contribution in [3.63, 3.8) is 0 Å². The van der Waals surface area contributed by atoms with Crippen LogP contribution in [-0.2, 0) is 6.54 Å². The lowest BCUT2D eigenvalue weighted by atomic mass is 10.2. The summed E-state index contributed by atoms with van der Waals surface area (Å²) < 4.78 is 0. The minimum atomic E-state index is 0.513. The molecule has 1 aromatic heterocycles. The first-order valence-electron chi connectivity index (χ1n) is 6.25. The second kappa shape index (κ2) is 5.93. The fourth-order valence-electron chi connectivity index (χ4n) is 2.23. The number of likely N-dealkylation sites (N-methyl/N-ethyl adjacent to an activating group) is 1. The third kappa shape index (κ3) is 3.14. The molecule has 5 nitrogen and oxygen atoms in total. The number of hydrogen-bond donors (Lipinski definition) is 1. The lowest BCUT2D eigenvalue weighted by molar-refractivity contribution is 0.346. The van der Waals surface area contributed by atoms with Crippen molar-refractivity contribution in [3.8, 4) is 0 Å². The lowest BCUT2D eigenvalue weighted by Gasteiger charge is -2.23. The topological polar surface area (TPSA) is 58.3 Å². The van der Waals surface area contributed by atoms with E-state index < -0.39 is 0 Å². The maximum absolute atomic E-state index is 5.70. The monoisotopic (exact) mass is 235 g/mol. The van der Waals surface area contributed by atoms with Gasteiger partial charge < -0.3 is 15.5 Å². The lowest BCUT2D eigenvalue weighted by Crippen LogP contribution is -2.32. The van der Waals surface area contributed by atoms with Gasteiger partial charge in [0.25, 0.3) is 0 Å². The zero-order valence-electron chi connectivity index (χ0n) is 10.5. The smallest absolute Gasteiger partial charge is 0.155 e. The van der Waals surface area contributed by atoms with Crippen LogP contribution < -0.4 is 10.6 Å². The highest BCUT2D eigenvalue weighted by molar-refractivity contribution is 5.44. The number of likely N-dealkylation sites (tertiary alicyclic amines) is 1. The van der Waals surface area contributed by atoms with Crippen LogP contribution in [0.15, 0.2) is 12.3 Å². The first kappa shape index (κ1) is 12.3. The minimum absolute atomic E-state index is 0.513. The number of rotatable bonds is 5. The number of anilines is 1. The van der Waals surface area contributed by atoms with Crippen molar-refractivity contribution in [1.29, 1.82) is 0 Å². The van der Waals surface area contributed by atoms with Gasteiger partial charge in [-0.05, 0) is 32.0 Å². The second-order valence-corrected chi connectivity index (χ2v) is 4.55. The predicted molar refractivity (Wildman–Crippen MR) is 68.9 cm³/mol. The molecule has 0 spiro atoms. The van der Waals surface area contributed by atoms with Crippen LogP contribution in [0.3, 0.4) is 0 Å². The van der Waals surface area contributed by atoms with Gasteiger partial charge in [-0.15, -0.1) is 5.10 Å². The molecule has 0 saturated carbocycles. The van der Waals surface area contributed by atoms with Crippen LogP contribution in [0.4, 0.5) is 5.82 Å². The summed E-state index contributed by atoms with van der Waals surface area (Å²) >= 11 is 0. The molecule has 0 amide bonds. The van der Waals surface area contributed by atoms with Crippen molar-refractivity contribution in [2.75, 3.05) is 38.1 Å². The van der Waals surface area contributed by atoms with Crippen LogP contribution in [0, 0.1) is 0 Å². The maximum Gasteiger partial charge on any atom is 0.155 e. The number of nitrogens with zero attached hydrogens (tertiary/aromatic N) is 4. The Kier molecular flexibility index (Phi) is 4.28. The Balaban J connectivity index is 1.91. The van der Waals surface area contributed by atoms with Gasteiger partial charge >= 0.3 is 0 Å². The molecular formula is C12H21N5. The fraction of sp³-hybridized carbons (Fsp3) is 0.667. The van der Waals surface area contributed by atoms with Crippen LogP contribution in [0.2, 0.25) is 0 Å². The largest absolute Gasteiger partial charge is 0.357 e. The molecule has 17 heavy (non-hydrogen) atoms. The zero-order chi connectivity index (χ0) is 12.1. The number of nitrogens with two attached hydrogens (primary N) is 1. The fourth-order valence-corrected chi connectivity index (χ4v) is 2.23. The predicted octanol–water partition coefficient (Wildman–Crippen LogP) is 0.467. The van der Waals surface area contributed by atoms with Crippen molar-refractivity contribution in [3.05, 3.63) is 17.8 Å². The first-order valence-corrected chi connectivity index (χ1v) is 6.25. The maximum atomic E-state index is 5.70. The third-order valence-corrected chi connectivity index (χ3v) is 3.31. The average Bonchev–Trinajstić information content (AvgIpc) is 2.89. The van der Waals surface area contributed by atoms with Crippen LogP contribution in [-0.4, -0.2) is 48.3 Å². The molecule has 2 rings (SSSR count). The minimum Gasteiger partial charge on any atom is -0.357 e. The number of hydrogen-bond acceptors (Lipinski definition) is 5. The summed E-state index contributed by atoms with van der Waals surface area (Å²) in [6.45, 7) is 5.05. The molecule has 0 aromatic carbocycles. The van der Waals surface area contributed by atoms with Gasteiger partial charge in [0.05, 0.1) is 6.20 Å². The SMILES string of the molecule is CN(CCN1CCCC1)c1nnccc1CN. The summed E-state index contributed by atoms with van der Waals surface area (Å²) in [5.74, 6) is 0.911. The van der Waals surface area contributed by atoms with Gasteiger partial charge in [0.15, 0.2) is 5.82 Å². The van der Waals surface area contributed by atoms with Gasteiger partial charge in [-0.25, -0.2) is 0 Å². The van der Waals surface area contributed by atoms with Crippen LogP contribution in [0.25, 0.3) is 0 Å². The molecule has 2 heterocycles. The van der Waals surface area contributed by atoms with E-state index in [-0.39, 0.29) is 0 Å². The molecule has 1 aromatic rings. The van der Waals surface area contributed by atoms with Gasteiger partial charge in [0.2, 0.25) is 0 Å². The van der Waals surface area contributed by atoms with E-state index in [4.69, 9.17) is 5.73 Å². The molecule has 1 saturated heterocycles. The molecule has 0 unspecified atom stereocenters. The van der Waals surface area contributed by atoms with Gasteiger partial charge in [-0.3, -0.25) is 0 Å². The van der Waals surface area contributed by atoms with Crippen molar-refractivity contribution in [2.24, 2.45) is 5.73 Å². The summed E-state index contributed by atoms with van der Waals surface area (Å²) in [5, 5.41) is 8.11. The molecule has 1 aliphatic heterocycles. The summed E-state index contributed by atoms with van der Waals surface area (Å²) in [7, 11) is 2.05. The van der Waals surface area contributed by atoms with Gasteiger partial charge in [-0.1, -0.05) is 0 Å². The molecule has 5 heteroatoms. The highest BCUT2D eigenvalue weighted by atomic mass is 15.3. The van der Waals surface area contributed by atoms with E-state index in [1.54, 1.807) is 6.20 Å². The van der Waals surface area contributed by atoms with E-state index in [1.165, 1.54) is 25.9 Å². The Morgan fingerprint density at radius 2 is 2.18 bits per heavy atom. The van der Waals surface area contributed by atoms with Crippen molar-refractivity contribution in [2.45, 2.75) is 19.4 Å². The van der Waals surface area contributed by atoms with Gasteiger partial charge in [-0.2, -0.15) is 5.10 Å². The van der Waals surface area contributed by atoms with E-state index in [2.05, 4.69) is 27.0 Å². The Labute approximate surface area is 103 Å². The molecule has 94 valence electrons. The normalized spacial score (nSPS) is 16.4. The third-order valence-electron chi connectivity index (χ3n) is 3.31. The highest BCUT2D eigenvalue weighted by Crippen LogP contribution is 2.14. The summed E-state index contributed by atoms with van der Waals surface area (Å²) in [4.78, 5) is 4.64. The average molecular weight is 235 g/mol. The molecule has 0 atom stereocenters. The molecule has 1 fully saturated rings. The molecule has 0 aliphatic carbocycles. The van der Waals surface area contributed by atoms with Crippen molar-refractivity contribution in [1.82, 2.24) is 15.1 Å². The van der Waals surface area contributed by atoms with Crippen molar-refractivity contribution < 1.29 is 0 Å². The van der Waals surface area contributed by atoms with E-state index in [9.17, 15) is 0 Å². The van der Waals surface area contributed by atoms with E-state index in [1.807, 2.05) is 6.07 Å². The molecular weight excluding hydrogens is 214 g/mol. The standard InChI is InChI=1S/C12H21N5/c1-16(8-9-17-6-2-3-7-17)12-11(10-13)4-5-14-15-12/h4-5H,2-3,6-10,13H2,1H3. The Bertz CT molecular complexity index is 349. The van der Waals surface area contributed by atoms with Crippen LogP contribution >= 0.6 is 0 Å². The number of aromatic nitrogens is 2. The molecule has 1 aliphatic rings. The summed E-state index contributed by atoms with van der Waals surface area (Å²) in [6, 6.07) is 1.94. The quantitative estimate of drug-likeness (QED) is 0.804. The first-order chi connectivity index (χ1) is 8.31. The highest BCUT2D eigenvalue weighted by Gasteiger charge is 2.13.